The Bertz CT molecular complexity index is 1420. The summed E-state index contributed by atoms with van der Waals surface area (Å²) in [5.74, 6) is -1.47. The number of halogens is 2. The minimum Gasteiger partial charge on any atom is -0.492 e. The zero-order valence-corrected chi connectivity index (χ0v) is 20.6. The fourth-order valence-electron chi connectivity index (χ4n) is 3.68. The van der Waals surface area contributed by atoms with Gasteiger partial charge in [0.2, 0.25) is 10.0 Å². The van der Waals surface area contributed by atoms with Crippen LogP contribution in [0.5, 0.6) is 17.2 Å². The smallest absolute Gasteiger partial charge is 0.254 e. The minimum absolute atomic E-state index is 0.140. The third-order valence-electron chi connectivity index (χ3n) is 5.73. The lowest BCUT2D eigenvalue weighted by atomic mass is 10.0. The van der Waals surface area contributed by atoms with E-state index in [4.69, 9.17) is 14.2 Å². The molecular weight excluding hydrogens is 494 g/mol. The molecule has 0 bridgehead atoms. The summed E-state index contributed by atoms with van der Waals surface area (Å²) in [7, 11) is -2.03. The van der Waals surface area contributed by atoms with E-state index in [0.717, 1.165) is 18.6 Å². The largest absolute Gasteiger partial charge is 0.492 e. The van der Waals surface area contributed by atoms with Crippen molar-refractivity contribution in [3.63, 3.8) is 0 Å². The molecule has 1 aliphatic rings. The number of hydrogen-bond donors (Lipinski definition) is 1. The van der Waals surface area contributed by atoms with Crippen molar-refractivity contribution in [1.82, 2.24) is 4.57 Å². The van der Waals surface area contributed by atoms with Gasteiger partial charge in [0, 0.05) is 54.7 Å². The second-order valence-corrected chi connectivity index (χ2v) is 10.4. The summed E-state index contributed by atoms with van der Waals surface area (Å²) in [4.78, 5) is 12.4. The van der Waals surface area contributed by atoms with Gasteiger partial charge in [-0.25, -0.2) is 17.2 Å². The van der Waals surface area contributed by atoms with Gasteiger partial charge in [-0.1, -0.05) is 0 Å². The van der Waals surface area contributed by atoms with E-state index in [9.17, 15) is 22.0 Å². The van der Waals surface area contributed by atoms with Gasteiger partial charge in [0.25, 0.3) is 5.56 Å². The lowest BCUT2D eigenvalue weighted by Crippen LogP contribution is -2.18. The van der Waals surface area contributed by atoms with Gasteiger partial charge in [0.05, 0.1) is 19.0 Å². The van der Waals surface area contributed by atoms with E-state index in [1.54, 1.807) is 7.05 Å². The molecule has 2 heterocycles. The molecule has 8 nitrogen and oxygen atoms in total. The fourth-order valence-corrected chi connectivity index (χ4v) is 4.31. The first-order valence-electron chi connectivity index (χ1n) is 11.3. The summed E-state index contributed by atoms with van der Waals surface area (Å²) >= 11 is 0. The number of ether oxygens (including phenoxy) is 3. The minimum atomic E-state index is -3.59. The van der Waals surface area contributed by atoms with Crippen LogP contribution in [0.25, 0.3) is 11.1 Å². The van der Waals surface area contributed by atoms with E-state index in [0.29, 0.717) is 37.0 Å². The SMILES string of the molecule is CCS(=O)(=O)Nc1ccc(Oc2ccc(F)cc2F)c(-c2cn(C)c(=O)cc2OCC2CCOC2)c1. The molecule has 1 aromatic heterocycles. The van der Waals surface area contributed by atoms with Crippen LogP contribution in [0.1, 0.15) is 13.3 Å². The number of aryl methyl sites for hydroxylation is 1. The highest BCUT2D eigenvalue weighted by molar-refractivity contribution is 7.92. The van der Waals surface area contributed by atoms with Crippen molar-refractivity contribution in [2.75, 3.05) is 30.3 Å². The Morgan fingerprint density at radius 1 is 1.08 bits per heavy atom. The van der Waals surface area contributed by atoms with Gasteiger partial charge in [-0.05, 0) is 43.7 Å². The first-order valence-corrected chi connectivity index (χ1v) is 13.0. The molecule has 1 atom stereocenters. The lowest BCUT2D eigenvalue weighted by Gasteiger charge is -2.19. The molecule has 3 aromatic rings. The van der Waals surface area contributed by atoms with Gasteiger partial charge in [-0.3, -0.25) is 9.52 Å². The molecule has 1 aliphatic heterocycles. The van der Waals surface area contributed by atoms with E-state index in [-0.39, 0.29) is 40.2 Å². The second kappa shape index (κ2) is 10.7. The molecule has 0 amide bonds. The van der Waals surface area contributed by atoms with Crippen molar-refractivity contribution in [2.24, 2.45) is 13.0 Å². The highest BCUT2D eigenvalue weighted by Crippen LogP contribution is 2.40. The van der Waals surface area contributed by atoms with Gasteiger partial charge in [0.15, 0.2) is 11.6 Å². The predicted octanol–water partition coefficient (Wildman–Crippen LogP) is 4.30. The maximum Gasteiger partial charge on any atom is 0.254 e. The number of rotatable bonds is 9. The Morgan fingerprint density at radius 3 is 2.56 bits per heavy atom. The Hall–Kier alpha value is -3.44. The van der Waals surface area contributed by atoms with Crippen LogP contribution >= 0.6 is 0 Å². The third kappa shape index (κ3) is 6.03. The topological polar surface area (TPSA) is 95.9 Å². The molecule has 1 N–H and O–H groups in total. The Kier molecular flexibility index (Phi) is 7.60. The van der Waals surface area contributed by atoms with E-state index in [1.165, 1.54) is 42.0 Å². The molecule has 2 aromatic carbocycles. The number of benzene rings is 2. The second-order valence-electron chi connectivity index (χ2n) is 8.43. The quantitative estimate of drug-likeness (QED) is 0.452. The Morgan fingerprint density at radius 2 is 1.86 bits per heavy atom. The molecule has 1 unspecified atom stereocenters. The Balaban J connectivity index is 1.81. The molecular formula is C25H26F2N2O6S. The standard InChI is InChI=1S/C25H26F2N2O6S/c1-3-36(31,32)28-18-5-7-22(35-23-6-4-17(26)10-21(23)27)19(11-18)20-13-29(2)25(30)12-24(20)34-15-16-8-9-33-14-16/h4-7,10-13,16,28H,3,8-9,14-15H2,1-2H3. The monoisotopic (exact) mass is 520 g/mol. The Labute approximate surface area is 207 Å². The summed E-state index contributed by atoms with van der Waals surface area (Å²) in [6.45, 7) is 3.00. The fraction of sp³-hybridized carbons (Fsp3) is 0.320. The maximum absolute atomic E-state index is 14.4. The number of nitrogens with one attached hydrogen (secondary N) is 1. The summed E-state index contributed by atoms with van der Waals surface area (Å²) < 4.78 is 73.1. The van der Waals surface area contributed by atoms with Crippen molar-refractivity contribution in [3.05, 3.63) is 70.6 Å². The molecule has 1 fully saturated rings. The van der Waals surface area contributed by atoms with E-state index < -0.39 is 21.7 Å². The number of sulfonamides is 1. The lowest BCUT2D eigenvalue weighted by molar-refractivity contribution is 0.167. The average molecular weight is 521 g/mol. The average Bonchev–Trinajstić information content (AvgIpc) is 3.36. The van der Waals surface area contributed by atoms with Crippen LogP contribution in [0.4, 0.5) is 14.5 Å². The predicted molar refractivity (Wildman–Crippen MR) is 131 cm³/mol. The van der Waals surface area contributed by atoms with Crippen LogP contribution in [-0.2, 0) is 21.8 Å². The molecule has 0 radical (unpaired) electrons. The number of hydrogen-bond acceptors (Lipinski definition) is 6. The van der Waals surface area contributed by atoms with Gasteiger partial charge in [-0.15, -0.1) is 0 Å². The van der Waals surface area contributed by atoms with Gasteiger partial charge >= 0.3 is 0 Å². The molecule has 0 aliphatic carbocycles. The molecule has 11 heteroatoms. The van der Waals surface area contributed by atoms with Crippen molar-refractivity contribution in [3.8, 4) is 28.4 Å². The van der Waals surface area contributed by atoms with Crippen molar-refractivity contribution < 1.29 is 31.4 Å². The summed E-state index contributed by atoms with van der Waals surface area (Å²) in [5, 5.41) is 0. The third-order valence-corrected chi connectivity index (χ3v) is 7.03. The normalized spacial score (nSPS) is 15.6. The highest BCUT2D eigenvalue weighted by Gasteiger charge is 2.21. The van der Waals surface area contributed by atoms with Crippen molar-refractivity contribution in [1.29, 1.82) is 0 Å². The highest BCUT2D eigenvalue weighted by atomic mass is 32.2. The van der Waals surface area contributed by atoms with Crippen molar-refractivity contribution >= 4 is 15.7 Å². The summed E-state index contributed by atoms with van der Waals surface area (Å²) in [5.41, 5.74) is 0.684. The molecule has 0 spiro atoms. The van der Waals surface area contributed by atoms with Crippen LogP contribution < -0.4 is 19.8 Å². The van der Waals surface area contributed by atoms with Crippen LogP contribution in [0.2, 0.25) is 0 Å². The molecule has 0 saturated carbocycles. The van der Waals surface area contributed by atoms with Crippen LogP contribution in [0.15, 0.2) is 53.5 Å². The number of pyridine rings is 1. The van der Waals surface area contributed by atoms with Crippen LogP contribution in [0.3, 0.4) is 0 Å². The number of nitrogens with zero attached hydrogens (tertiary/aromatic N) is 1. The maximum atomic E-state index is 14.4. The molecule has 36 heavy (non-hydrogen) atoms. The first kappa shape index (κ1) is 25.6. The summed E-state index contributed by atoms with van der Waals surface area (Å²) in [6, 6.07) is 8.68. The van der Waals surface area contributed by atoms with E-state index >= 15 is 0 Å². The number of anilines is 1. The summed E-state index contributed by atoms with van der Waals surface area (Å²) in [6.07, 6.45) is 2.36. The molecule has 192 valence electrons. The van der Waals surface area contributed by atoms with Gasteiger partial charge in [-0.2, -0.15) is 0 Å². The molecule has 1 saturated heterocycles. The van der Waals surface area contributed by atoms with E-state index in [2.05, 4.69) is 4.72 Å². The first-order chi connectivity index (χ1) is 17.1. The van der Waals surface area contributed by atoms with Gasteiger partial charge in [0.1, 0.15) is 17.3 Å². The van der Waals surface area contributed by atoms with Crippen molar-refractivity contribution in [2.45, 2.75) is 13.3 Å². The molecule has 4 rings (SSSR count). The number of aromatic nitrogens is 1. The van der Waals surface area contributed by atoms with Crippen LogP contribution in [0, 0.1) is 17.6 Å². The zero-order chi connectivity index (χ0) is 25.9. The van der Waals surface area contributed by atoms with Crippen LogP contribution in [-0.4, -0.2) is 38.6 Å². The zero-order valence-electron chi connectivity index (χ0n) is 19.8. The van der Waals surface area contributed by atoms with Gasteiger partial charge < -0.3 is 18.8 Å². The van der Waals surface area contributed by atoms with E-state index in [1.807, 2.05) is 0 Å².